The third-order valence-electron chi connectivity index (χ3n) is 5.11. The van der Waals surface area contributed by atoms with E-state index in [1.165, 1.54) is 6.92 Å². The SMILES string of the molecule is CC(=O)N1CCN(C(=O)CN2C(=O)N3CCN=C3c3ccccc32)CC1. The van der Waals surface area contributed by atoms with E-state index in [2.05, 4.69) is 4.99 Å². The van der Waals surface area contributed by atoms with Crippen molar-refractivity contribution in [3.05, 3.63) is 29.8 Å². The van der Waals surface area contributed by atoms with Crippen LogP contribution in [0.25, 0.3) is 0 Å². The molecule has 4 amide bonds. The Morgan fingerprint density at radius 3 is 2.46 bits per heavy atom. The maximum atomic E-state index is 12.9. The molecule has 0 radical (unpaired) electrons. The number of aliphatic imine (C=N–C) groups is 1. The van der Waals surface area contributed by atoms with Gasteiger partial charge in [0.05, 0.1) is 12.2 Å². The molecule has 1 fully saturated rings. The first-order valence-corrected chi connectivity index (χ1v) is 8.82. The number of anilines is 1. The molecule has 0 atom stereocenters. The Balaban J connectivity index is 1.52. The number of hydrogen-bond donors (Lipinski definition) is 0. The highest BCUT2D eigenvalue weighted by Gasteiger charge is 2.38. The molecule has 0 saturated carbocycles. The maximum Gasteiger partial charge on any atom is 0.330 e. The largest absolute Gasteiger partial charge is 0.339 e. The third-order valence-corrected chi connectivity index (χ3v) is 5.11. The number of benzene rings is 1. The lowest BCUT2D eigenvalue weighted by Gasteiger charge is -2.38. The van der Waals surface area contributed by atoms with Gasteiger partial charge in [-0.05, 0) is 12.1 Å². The Kier molecular flexibility index (Phi) is 4.10. The van der Waals surface area contributed by atoms with Gasteiger partial charge in [0, 0.05) is 45.2 Å². The molecule has 0 aromatic heterocycles. The van der Waals surface area contributed by atoms with Crippen molar-refractivity contribution in [2.24, 2.45) is 4.99 Å². The van der Waals surface area contributed by atoms with Gasteiger partial charge in [-0.25, -0.2) is 4.79 Å². The van der Waals surface area contributed by atoms with Crippen molar-refractivity contribution in [2.75, 3.05) is 50.7 Å². The Bertz CT molecular complexity index is 798. The average molecular weight is 355 g/mol. The number of rotatable bonds is 2. The van der Waals surface area contributed by atoms with E-state index < -0.39 is 0 Å². The highest BCUT2D eigenvalue weighted by molar-refractivity contribution is 6.20. The highest BCUT2D eigenvalue weighted by Crippen LogP contribution is 2.30. The van der Waals surface area contributed by atoms with Crippen molar-refractivity contribution in [3.63, 3.8) is 0 Å². The van der Waals surface area contributed by atoms with E-state index in [9.17, 15) is 14.4 Å². The zero-order valence-corrected chi connectivity index (χ0v) is 14.7. The summed E-state index contributed by atoms with van der Waals surface area (Å²) >= 11 is 0. The van der Waals surface area contributed by atoms with Crippen molar-refractivity contribution < 1.29 is 14.4 Å². The first-order valence-electron chi connectivity index (χ1n) is 8.82. The molecular weight excluding hydrogens is 334 g/mol. The predicted molar refractivity (Wildman–Crippen MR) is 96.1 cm³/mol. The molecule has 1 saturated heterocycles. The standard InChI is InChI=1S/C18H21N5O3/c1-13(24)20-8-10-21(11-9-20)16(25)12-23-15-5-3-2-4-14(15)17-19-6-7-22(17)18(23)26/h2-5H,6-12H2,1H3. The minimum atomic E-state index is -0.198. The van der Waals surface area contributed by atoms with E-state index in [1.807, 2.05) is 24.3 Å². The van der Waals surface area contributed by atoms with Crippen LogP contribution in [0.1, 0.15) is 12.5 Å². The molecule has 0 unspecified atom stereocenters. The summed E-state index contributed by atoms with van der Waals surface area (Å²) < 4.78 is 0. The molecule has 0 spiro atoms. The van der Waals surface area contributed by atoms with E-state index in [0.29, 0.717) is 45.1 Å². The second-order valence-corrected chi connectivity index (χ2v) is 6.63. The molecule has 136 valence electrons. The third kappa shape index (κ3) is 2.71. The molecule has 3 aliphatic rings. The lowest BCUT2D eigenvalue weighted by Crippen LogP contribution is -2.56. The number of piperazine rings is 1. The molecule has 0 aliphatic carbocycles. The second kappa shape index (κ2) is 6.44. The molecule has 4 rings (SSSR count). The Morgan fingerprint density at radius 2 is 1.73 bits per heavy atom. The molecule has 26 heavy (non-hydrogen) atoms. The summed E-state index contributed by atoms with van der Waals surface area (Å²) in [5.74, 6) is 0.624. The van der Waals surface area contributed by atoms with Crippen LogP contribution in [0.2, 0.25) is 0 Å². The zero-order valence-electron chi connectivity index (χ0n) is 14.7. The molecule has 1 aromatic carbocycles. The number of hydrogen-bond acceptors (Lipinski definition) is 4. The molecule has 3 heterocycles. The van der Waals surface area contributed by atoms with Gasteiger partial charge in [0.1, 0.15) is 12.4 Å². The number of amides is 4. The average Bonchev–Trinajstić information content (AvgIpc) is 3.15. The van der Waals surface area contributed by atoms with Gasteiger partial charge in [0.2, 0.25) is 11.8 Å². The van der Waals surface area contributed by atoms with E-state index in [1.54, 1.807) is 19.6 Å². The van der Waals surface area contributed by atoms with Crippen molar-refractivity contribution in [1.29, 1.82) is 0 Å². The monoisotopic (exact) mass is 355 g/mol. The van der Waals surface area contributed by atoms with Crippen LogP contribution < -0.4 is 4.90 Å². The van der Waals surface area contributed by atoms with Gasteiger partial charge in [-0.2, -0.15) is 0 Å². The van der Waals surface area contributed by atoms with Crippen LogP contribution in [0.4, 0.5) is 10.5 Å². The first kappa shape index (κ1) is 16.6. The Labute approximate surface area is 151 Å². The highest BCUT2D eigenvalue weighted by atomic mass is 16.2. The summed E-state index contributed by atoms with van der Waals surface area (Å²) in [6.07, 6.45) is 0. The summed E-state index contributed by atoms with van der Waals surface area (Å²) in [5.41, 5.74) is 1.61. The van der Waals surface area contributed by atoms with Gasteiger partial charge >= 0.3 is 6.03 Å². The fourth-order valence-corrected chi connectivity index (χ4v) is 3.67. The van der Waals surface area contributed by atoms with Crippen LogP contribution in [0.15, 0.2) is 29.3 Å². The lowest BCUT2D eigenvalue weighted by atomic mass is 10.1. The summed E-state index contributed by atoms with van der Waals surface area (Å²) in [6.45, 7) is 4.74. The smallest absolute Gasteiger partial charge is 0.330 e. The normalized spacial score (nSPS) is 19.3. The van der Waals surface area contributed by atoms with Crippen LogP contribution in [0.5, 0.6) is 0 Å². The van der Waals surface area contributed by atoms with Crippen molar-refractivity contribution in [1.82, 2.24) is 14.7 Å². The van der Waals surface area contributed by atoms with Gasteiger partial charge in [-0.15, -0.1) is 0 Å². The molecule has 8 nitrogen and oxygen atoms in total. The minimum absolute atomic E-state index is 0.000300. The Morgan fingerprint density at radius 1 is 1.04 bits per heavy atom. The van der Waals surface area contributed by atoms with Crippen molar-refractivity contribution in [2.45, 2.75) is 6.92 Å². The number of amidine groups is 1. The summed E-state index contributed by atoms with van der Waals surface area (Å²) in [7, 11) is 0. The number of nitrogens with zero attached hydrogens (tertiary/aromatic N) is 5. The van der Waals surface area contributed by atoms with E-state index in [-0.39, 0.29) is 24.4 Å². The topological polar surface area (TPSA) is 76.5 Å². The molecule has 1 aromatic rings. The van der Waals surface area contributed by atoms with Crippen LogP contribution in [0.3, 0.4) is 0 Å². The summed E-state index contributed by atoms with van der Waals surface area (Å²) in [4.78, 5) is 48.2. The predicted octanol–water partition coefficient (Wildman–Crippen LogP) is 0.380. The van der Waals surface area contributed by atoms with Crippen LogP contribution in [-0.2, 0) is 9.59 Å². The summed E-state index contributed by atoms with van der Waals surface area (Å²) in [5, 5.41) is 0. The first-order chi connectivity index (χ1) is 12.6. The van der Waals surface area contributed by atoms with Crippen LogP contribution >= 0.6 is 0 Å². The lowest BCUT2D eigenvalue weighted by molar-refractivity contribution is -0.137. The van der Waals surface area contributed by atoms with Crippen LogP contribution in [-0.4, -0.2) is 84.2 Å². The molecule has 0 N–H and O–H groups in total. The summed E-state index contributed by atoms with van der Waals surface area (Å²) in [6, 6.07) is 7.36. The van der Waals surface area contributed by atoms with E-state index in [0.717, 1.165) is 11.3 Å². The number of para-hydroxylation sites is 1. The van der Waals surface area contributed by atoms with Gasteiger partial charge in [0.15, 0.2) is 0 Å². The Hall–Kier alpha value is -2.90. The van der Waals surface area contributed by atoms with E-state index in [4.69, 9.17) is 0 Å². The molecule has 8 heteroatoms. The minimum Gasteiger partial charge on any atom is -0.339 e. The fraction of sp³-hybridized carbons (Fsp3) is 0.444. The van der Waals surface area contributed by atoms with Crippen LogP contribution in [0, 0.1) is 0 Å². The van der Waals surface area contributed by atoms with Crippen molar-refractivity contribution in [3.8, 4) is 0 Å². The van der Waals surface area contributed by atoms with Gasteiger partial charge in [-0.1, -0.05) is 12.1 Å². The zero-order chi connectivity index (χ0) is 18.3. The van der Waals surface area contributed by atoms with Gasteiger partial charge in [-0.3, -0.25) is 24.4 Å². The molecule has 0 bridgehead atoms. The van der Waals surface area contributed by atoms with Gasteiger partial charge in [0.25, 0.3) is 0 Å². The number of carbonyl (C=O) groups is 3. The number of fused-ring (bicyclic) bond motifs is 3. The van der Waals surface area contributed by atoms with Gasteiger partial charge < -0.3 is 9.80 Å². The molecule has 3 aliphatic heterocycles. The van der Waals surface area contributed by atoms with E-state index >= 15 is 0 Å². The number of carbonyl (C=O) groups excluding carboxylic acids is 3. The second-order valence-electron chi connectivity index (χ2n) is 6.63. The molecular formula is C18H21N5O3. The van der Waals surface area contributed by atoms with Crippen molar-refractivity contribution >= 4 is 29.4 Å². The number of urea groups is 1. The fourth-order valence-electron chi connectivity index (χ4n) is 3.67. The maximum absolute atomic E-state index is 12.9. The quantitative estimate of drug-likeness (QED) is 0.770.